The fourth-order valence-electron chi connectivity index (χ4n) is 0.792. The van der Waals surface area contributed by atoms with E-state index in [9.17, 15) is 0 Å². The van der Waals surface area contributed by atoms with Gasteiger partial charge in [0.05, 0.1) is 0 Å². The standard InChI is InChI=1S/C8H5S2.BrH.Mg/c1-3-7(9-5-1)8-4-2-6-10-8;;/h1-5H;1H;/q-1;;+2/p-1. The van der Waals surface area contributed by atoms with Crippen LogP contribution in [0.4, 0.5) is 0 Å². The van der Waals surface area contributed by atoms with Gasteiger partial charge in [-0.2, -0.15) is 23.5 Å². The van der Waals surface area contributed by atoms with Crippen molar-refractivity contribution in [3.63, 3.8) is 0 Å². The van der Waals surface area contributed by atoms with Crippen LogP contribution in [0.1, 0.15) is 0 Å². The molecule has 0 nitrogen and oxygen atoms in total. The average molecular weight is 269 g/mol. The van der Waals surface area contributed by atoms with E-state index in [0.29, 0.717) is 0 Å². The molecule has 0 aliphatic heterocycles. The summed E-state index contributed by atoms with van der Waals surface area (Å²) >= 11 is 3.44. The predicted molar refractivity (Wildman–Crippen MR) is 52.2 cm³/mol. The first-order chi connectivity index (χ1) is 4.97. The quantitative estimate of drug-likeness (QED) is 0.501. The van der Waals surface area contributed by atoms with Gasteiger partial charge in [-0.3, -0.25) is 11.3 Å². The number of rotatable bonds is 1. The summed E-state index contributed by atoms with van der Waals surface area (Å²) in [5.74, 6) is 0. The van der Waals surface area contributed by atoms with Crippen LogP contribution in [0.25, 0.3) is 9.75 Å². The zero-order chi connectivity index (χ0) is 6.81. The van der Waals surface area contributed by atoms with Gasteiger partial charge in [0.15, 0.2) is 0 Å². The van der Waals surface area contributed by atoms with Crippen molar-refractivity contribution >= 4 is 45.7 Å². The average Bonchev–Trinajstić information content (AvgIpc) is 2.59. The van der Waals surface area contributed by atoms with Crippen molar-refractivity contribution in [1.82, 2.24) is 0 Å². The van der Waals surface area contributed by atoms with Crippen LogP contribution in [-0.2, 0) is 0 Å². The summed E-state index contributed by atoms with van der Waals surface area (Å²) in [5.41, 5.74) is 0. The van der Waals surface area contributed by atoms with E-state index >= 15 is 0 Å². The molecule has 58 valence electrons. The molecule has 2 aromatic heterocycles. The van der Waals surface area contributed by atoms with Crippen molar-refractivity contribution in [2.75, 3.05) is 0 Å². The second-order valence-corrected chi connectivity index (χ2v) is 3.72. The van der Waals surface area contributed by atoms with Crippen molar-refractivity contribution in [2.24, 2.45) is 0 Å². The van der Waals surface area contributed by atoms with Crippen LogP contribution < -0.4 is 17.0 Å². The summed E-state index contributed by atoms with van der Waals surface area (Å²) < 4.78 is 0. The van der Waals surface area contributed by atoms with Crippen molar-refractivity contribution in [3.8, 4) is 9.75 Å². The molecule has 0 saturated heterocycles. The number of hydrogen-bond acceptors (Lipinski definition) is 2. The molecule has 0 aliphatic rings. The molecule has 0 bridgehead atoms. The van der Waals surface area contributed by atoms with Crippen molar-refractivity contribution in [3.05, 3.63) is 35.0 Å². The van der Waals surface area contributed by atoms with Crippen molar-refractivity contribution in [2.45, 2.75) is 0 Å². The summed E-state index contributed by atoms with van der Waals surface area (Å²) in [4.78, 5) is 2.65. The van der Waals surface area contributed by atoms with Crippen molar-refractivity contribution in [1.29, 1.82) is 0 Å². The van der Waals surface area contributed by atoms with Gasteiger partial charge in [0.2, 0.25) is 0 Å². The van der Waals surface area contributed by atoms with E-state index in [4.69, 9.17) is 0 Å². The summed E-state index contributed by atoms with van der Waals surface area (Å²) in [6.07, 6.45) is 0. The third kappa shape index (κ3) is 2.85. The molecular weight excluding hydrogens is 264 g/mol. The molecule has 4 heteroatoms. The molecule has 0 aliphatic carbocycles. The summed E-state index contributed by atoms with van der Waals surface area (Å²) in [6, 6.07) is 8.25. The van der Waals surface area contributed by atoms with Gasteiger partial charge in [0.1, 0.15) is 0 Å². The fraction of sp³-hybridized carbons (Fsp3) is 0. The number of halogens is 1. The van der Waals surface area contributed by atoms with Crippen LogP contribution >= 0.6 is 22.7 Å². The number of thiophene rings is 2. The maximum absolute atomic E-state index is 3.07. The van der Waals surface area contributed by atoms with Crippen LogP contribution in [0.2, 0.25) is 0 Å². The zero-order valence-electron chi connectivity index (χ0n) is 6.29. The SMILES string of the molecule is [Br-].[Mg+2].[c-]1ccc(-c2cccs2)s1. The molecule has 2 heterocycles. The van der Waals surface area contributed by atoms with Crippen LogP contribution in [0, 0.1) is 5.38 Å². The molecule has 2 rings (SSSR count). The largest absolute Gasteiger partial charge is 2.00 e. The predicted octanol–water partition coefficient (Wildman–Crippen LogP) is -0.100. The van der Waals surface area contributed by atoms with Gasteiger partial charge in [-0.05, 0) is 10.3 Å². The van der Waals surface area contributed by atoms with Crippen LogP contribution in [0.5, 0.6) is 0 Å². The van der Waals surface area contributed by atoms with E-state index in [2.05, 4.69) is 29.0 Å². The minimum atomic E-state index is 0. The zero-order valence-corrected chi connectivity index (χ0v) is 10.9. The van der Waals surface area contributed by atoms with Gasteiger partial charge in [-0.1, -0.05) is 12.1 Å². The van der Waals surface area contributed by atoms with Gasteiger partial charge in [0.25, 0.3) is 0 Å². The summed E-state index contributed by atoms with van der Waals surface area (Å²) in [6.45, 7) is 0. The Balaban J connectivity index is 0.000000605. The van der Waals surface area contributed by atoms with Gasteiger partial charge < -0.3 is 17.0 Å². The Bertz CT molecular complexity index is 256. The number of hydrogen-bond donors (Lipinski definition) is 0. The van der Waals surface area contributed by atoms with Gasteiger partial charge in [-0.15, -0.1) is 10.3 Å². The third-order valence-electron chi connectivity index (χ3n) is 1.24. The molecule has 2 aromatic rings. The van der Waals surface area contributed by atoms with Gasteiger partial charge >= 0.3 is 23.1 Å². The Morgan fingerprint density at radius 3 is 2.50 bits per heavy atom. The Hall–Kier alpha value is 0.646. The smallest absolute Gasteiger partial charge is 1.00 e. The van der Waals surface area contributed by atoms with Gasteiger partial charge in [-0.25, -0.2) is 0 Å². The van der Waals surface area contributed by atoms with E-state index in [1.165, 1.54) is 9.75 Å². The van der Waals surface area contributed by atoms with Crippen LogP contribution in [-0.4, -0.2) is 23.1 Å². The van der Waals surface area contributed by atoms with Crippen LogP contribution in [0.3, 0.4) is 0 Å². The minimum Gasteiger partial charge on any atom is -1.00 e. The molecule has 0 amide bonds. The molecular formula is C8H5BrMgS2. The molecule has 0 spiro atoms. The fourth-order valence-corrected chi connectivity index (χ4v) is 2.27. The Morgan fingerprint density at radius 2 is 2.00 bits per heavy atom. The first-order valence-corrected chi connectivity index (χ1v) is 4.66. The maximum atomic E-state index is 3.07. The first-order valence-electron chi connectivity index (χ1n) is 2.96. The Kier molecular flexibility index (Phi) is 6.48. The topological polar surface area (TPSA) is 0 Å². The normalized spacial score (nSPS) is 8.33. The van der Waals surface area contributed by atoms with Crippen molar-refractivity contribution < 1.29 is 17.0 Å². The first kappa shape index (κ1) is 12.6. The van der Waals surface area contributed by atoms with E-state index in [1.54, 1.807) is 22.7 Å². The summed E-state index contributed by atoms with van der Waals surface area (Å²) in [7, 11) is 0. The van der Waals surface area contributed by atoms with Gasteiger partial charge in [0, 0.05) is 0 Å². The molecule has 0 aromatic carbocycles. The van der Waals surface area contributed by atoms with E-state index in [0.717, 1.165) is 0 Å². The minimum absolute atomic E-state index is 0. The summed E-state index contributed by atoms with van der Waals surface area (Å²) in [5, 5.41) is 5.16. The maximum Gasteiger partial charge on any atom is 2.00 e. The van der Waals surface area contributed by atoms with E-state index in [-0.39, 0.29) is 40.0 Å². The second kappa shape index (κ2) is 6.15. The molecule has 0 N–H and O–H groups in total. The molecule has 0 saturated carbocycles. The monoisotopic (exact) mass is 268 g/mol. The second-order valence-electron chi connectivity index (χ2n) is 1.89. The van der Waals surface area contributed by atoms with E-state index in [1.807, 2.05) is 6.07 Å². The Labute approximate surface area is 107 Å². The molecule has 0 atom stereocenters. The third-order valence-corrected chi connectivity index (χ3v) is 3.10. The molecule has 0 fully saturated rings. The Morgan fingerprint density at radius 1 is 1.17 bits per heavy atom. The molecule has 0 unspecified atom stereocenters. The van der Waals surface area contributed by atoms with Crippen LogP contribution in [0.15, 0.2) is 29.6 Å². The molecule has 0 radical (unpaired) electrons. The molecule has 12 heavy (non-hydrogen) atoms. The van der Waals surface area contributed by atoms with E-state index < -0.39 is 0 Å².